The summed E-state index contributed by atoms with van der Waals surface area (Å²) in [5.41, 5.74) is 2.16. The first-order chi connectivity index (χ1) is 6.79. The number of nitrogens with one attached hydrogen (secondary N) is 1. The summed E-state index contributed by atoms with van der Waals surface area (Å²) in [4.78, 5) is 11.6. The molecule has 0 heterocycles. The molecule has 0 saturated heterocycles. The number of rotatable bonds is 0. The summed E-state index contributed by atoms with van der Waals surface area (Å²) < 4.78 is 0. The van der Waals surface area contributed by atoms with Crippen molar-refractivity contribution in [3.05, 3.63) is 35.5 Å². The van der Waals surface area contributed by atoms with Gasteiger partial charge in [0.1, 0.15) is 0 Å². The minimum Gasteiger partial charge on any atom is -0.300 e. The Morgan fingerprint density at radius 2 is 1.79 bits per heavy atom. The molecule has 72 valence electrons. The summed E-state index contributed by atoms with van der Waals surface area (Å²) in [6.45, 7) is 0. The molecule has 1 saturated carbocycles. The second kappa shape index (κ2) is 3.74. The van der Waals surface area contributed by atoms with Crippen molar-refractivity contribution in [2.24, 2.45) is 0 Å². The molecule has 0 unspecified atom stereocenters. The maximum absolute atomic E-state index is 11.6. The standard InChI is InChI=1S/C12H13NO/c13-11-7-3-1-5-9(11)10-6-2-4-8-12(10)14/h1,3,5,7,13H,2,4,6,8H2. The fourth-order valence-electron chi connectivity index (χ4n) is 1.91. The maximum atomic E-state index is 11.6. The zero-order chi connectivity index (χ0) is 9.97. The number of ketones is 1. The Morgan fingerprint density at radius 1 is 1.07 bits per heavy atom. The van der Waals surface area contributed by atoms with E-state index in [0.717, 1.165) is 30.4 Å². The van der Waals surface area contributed by atoms with Crippen LogP contribution in [0.4, 0.5) is 0 Å². The van der Waals surface area contributed by atoms with Crippen LogP contribution >= 0.6 is 0 Å². The number of hydrogen-bond acceptors (Lipinski definition) is 2. The lowest BCUT2D eigenvalue weighted by atomic mass is 9.87. The van der Waals surface area contributed by atoms with Crippen LogP contribution in [0.3, 0.4) is 0 Å². The molecule has 0 atom stereocenters. The van der Waals surface area contributed by atoms with E-state index < -0.39 is 0 Å². The Morgan fingerprint density at radius 3 is 2.50 bits per heavy atom. The maximum Gasteiger partial charge on any atom is 0.159 e. The zero-order valence-corrected chi connectivity index (χ0v) is 8.05. The minimum atomic E-state index is 0.232. The Hall–Kier alpha value is -1.44. The molecule has 2 heteroatoms. The van der Waals surface area contributed by atoms with Crippen LogP contribution in [0.1, 0.15) is 25.7 Å². The lowest BCUT2D eigenvalue weighted by molar-refractivity contribution is -0.116. The molecule has 1 fully saturated rings. The Labute approximate surface area is 83.5 Å². The number of carbonyl (C=O) groups excluding carboxylic acids is 1. The fourth-order valence-corrected chi connectivity index (χ4v) is 1.91. The molecular weight excluding hydrogens is 174 g/mol. The topological polar surface area (TPSA) is 40.9 Å². The van der Waals surface area contributed by atoms with Crippen LogP contribution in [0, 0.1) is 5.41 Å². The van der Waals surface area contributed by atoms with Crippen LogP contribution in [0.25, 0.3) is 0 Å². The van der Waals surface area contributed by atoms with Crippen LogP contribution in [0.2, 0.25) is 0 Å². The van der Waals surface area contributed by atoms with Gasteiger partial charge >= 0.3 is 0 Å². The zero-order valence-electron chi connectivity index (χ0n) is 8.05. The van der Waals surface area contributed by atoms with E-state index in [4.69, 9.17) is 5.41 Å². The minimum absolute atomic E-state index is 0.232. The Kier molecular flexibility index (Phi) is 2.44. The third kappa shape index (κ3) is 1.60. The monoisotopic (exact) mass is 187 g/mol. The van der Waals surface area contributed by atoms with Crippen molar-refractivity contribution < 1.29 is 4.79 Å². The molecular formula is C12H13NO. The normalized spacial score (nSPS) is 27.1. The summed E-state index contributed by atoms with van der Waals surface area (Å²) >= 11 is 0. The molecule has 2 rings (SSSR count). The molecule has 0 bridgehead atoms. The molecule has 14 heavy (non-hydrogen) atoms. The van der Waals surface area contributed by atoms with E-state index in [0.29, 0.717) is 12.1 Å². The van der Waals surface area contributed by atoms with Crippen molar-refractivity contribution in [2.75, 3.05) is 0 Å². The van der Waals surface area contributed by atoms with Crippen LogP contribution in [-0.4, -0.2) is 11.5 Å². The highest BCUT2D eigenvalue weighted by Crippen LogP contribution is 2.25. The number of allylic oxidation sites excluding steroid dienone is 6. The summed E-state index contributed by atoms with van der Waals surface area (Å²) in [5, 5.41) is 7.72. The second-order valence-corrected chi connectivity index (χ2v) is 3.65. The van der Waals surface area contributed by atoms with Gasteiger partial charge in [0, 0.05) is 17.6 Å². The first-order valence-corrected chi connectivity index (χ1v) is 4.99. The predicted octanol–water partition coefficient (Wildman–Crippen LogP) is 2.57. The average Bonchev–Trinajstić information content (AvgIpc) is 2.20. The van der Waals surface area contributed by atoms with Crippen molar-refractivity contribution in [3.63, 3.8) is 0 Å². The third-order valence-corrected chi connectivity index (χ3v) is 2.67. The van der Waals surface area contributed by atoms with Gasteiger partial charge in [-0.25, -0.2) is 0 Å². The van der Waals surface area contributed by atoms with E-state index in [2.05, 4.69) is 0 Å². The van der Waals surface area contributed by atoms with E-state index in [9.17, 15) is 4.79 Å². The molecule has 0 aliphatic heterocycles. The molecule has 1 N–H and O–H groups in total. The van der Waals surface area contributed by atoms with E-state index in [-0.39, 0.29) is 5.78 Å². The van der Waals surface area contributed by atoms with Gasteiger partial charge in [0.25, 0.3) is 0 Å². The number of carbonyl (C=O) groups is 1. The molecule has 2 nitrogen and oxygen atoms in total. The molecule has 2 aliphatic rings. The molecule has 0 aromatic heterocycles. The average molecular weight is 187 g/mol. The molecule has 0 aromatic rings. The van der Waals surface area contributed by atoms with Gasteiger partial charge in [-0.2, -0.15) is 0 Å². The van der Waals surface area contributed by atoms with Crippen LogP contribution in [-0.2, 0) is 4.79 Å². The van der Waals surface area contributed by atoms with Gasteiger partial charge < -0.3 is 5.41 Å². The van der Waals surface area contributed by atoms with Crippen molar-refractivity contribution in [3.8, 4) is 0 Å². The Bertz CT molecular complexity index is 372. The molecule has 0 spiro atoms. The lowest BCUT2D eigenvalue weighted by Crippen LogP contribution is -2.14. The first-order valence-electron chi connectivity index (χ1n) is 4.99. The molecule has 0 amide bonds. The lowest BCUT2D eigenvalue weighted by Gasteiger charge is -2.16. The van der Waals surface area contributed by atoms with Crippen molar-refractivity contribution in [2.45, 2.75) is 25.7 Å². The van der Waals surface area contributed by atoms with Gasteiger partial charge in [0.2, 0.25) is 0 Å². The van der Waals surface area contributed by atoms with Gasteiger partial charge in [0.05, 0.1) is 5.71 Å². The van der Waals surface area contributed by atoms with Crippen molar-refractivity contribution in [1.29, 1.82) is 5.41 Å². The van der Waals surface area contributed by atoms with Crippen LogP contribution in [0.15, 0.2) is 35.5 Å². The van der Waals surface area contributed by atoms with E-state index in [1.807, 2.05) is 18.2 Å². The predicted molar refractivity (Wildman–Crippen MR) is 56.5 cm³/mol. The third-order valence-electron chi connectivity index (χ3n) is 2.67. The summed E-state index contributed by atoms with van der Waals surface area (Å²) in [6, 6.07) is 0. The molecule has 0 radical (unpaired) electrons. The van der Waals surface area contributed by atoms with E-state index in [1.165, 1.54) is 0 Å². The highest BCUT2D eigenvalue weighted by molar-refractivity contribution is 6.15. The van der Waals surface area contributed by atoms with Crippen LogP contribution < -0.4 is 0 Å². The fraction of sp³-hybridized carbons (Fsp3) is 0.333. The summed E-state index contributed by atoms with van der Waals surface area (Å²) in [7, 11) is 0. The van der Waals surface area contributed by atoms with Crippen LogP contribution in [0.5, 0.6) is 0 Å². The van der Waals surface area contributed by atoms with Gasteiger partial charge in [-0.15, -0.1) is 0 Å². The van der Waals surface area contributed by atoms with E-state index in [1.54, 1.807) is 6.08 Å². The quantitative estimate of drug-likeness (QED) is 0.582. The van der Waals surface area contributed by atoms with E-state index >= 15 is 0 Å². The second-order valence-electron chi connectivity index (χ2n) is 3.65. The molecule has 0 aromatic carbocycles. The van der Waals surface area contributed by atoms with Crippen molar-refractivity contribution in [1.82, 2.24) is 0 Å². The number of hydrogen-bond donors (Lipinski definition) is 1. The highest BCUT2D eigenvalue weighted by atomic mass is 16.1. The highest BCUT2D eigenvalue weighted by Gasteiger charge is 2.19. The number of Topliss-reactive ketones (excluding diaryl/α,β-unsaturated/α-hetero) is 1. The first kappa shape index (κ1) is 9.13. The summed E-state index contributed by atoms with van der Waals surface area (Å²) in [6.07, 6.45) is 10.9. The van der Waals surface area contributed by atoms with Gasteiger partial charge in [-0.05, 0) is 25.3 Å². The van der Waals surface area contributed by atoms with Gasteiger partial charge in [-0.3, -0.25) is 4.79 Å². The Balaban J connectivity index is 2.37. The van der Waals surface area contributed by atoms with Gasteiger partial charge in [-0.1, -0.05) is 18.2 Å². The smallest absolute Gasteiger partial charge is 0.159 e. The SMILES string of the molecule is N=C1C=CC=CC1=C1CCCCC1=O. The molecule has 2 aliphatic carbocycles. The van der Waals surface area contributed by atoms with Crippen molar-refractivity contribution >= 4 is 11.5 Å². The van der Waals surface area contributed by atoms with Gasteiger partial charge in [0.15, 0.2) is 5.78 Å². The largest absolute Gasteiger partial charge is 0.300 e. The summed E-state index contributed by atoms with van der Waals surface area (Å²) in [5.74, 6) is 0.232.